The molecular formula is C12H11N3O. The Bertz CT molecular complexity index is 575. The maximum atomic E-state index is 9.08. The SMILES string of the molecule is CN(C)/C=C(/C#N)c1noc2ccccc12. The first-order valence-corrected chi connectivity index (χ1v) is 4.85. The Morgan fingerprint density at radius 2 is 2.19 bits per heavy atom. The van der Waals surface area contributed by atoms with Crippen LogP contribution in [0.5, 0.6) is 0 Å². The van der Waals surface area contributed by atoms with Crippen molar-refractivity contribution in [2.45, 2.75) is 0 Å². The maximum absolute atomic E-state index is 9.08. The second-order valence-corrected chi connectivity index (χ2v) is 3.65. The Labute approximate surface area is 93.4 Å². The van der Waals surface area contributed by atoms with Gasteiger partial charge in [0.15, 0.2) is 5.58 Å². The standard InChI is InChI=1S/C12H11N3O/c1-15(2)8-9(7-13)12-10-5-3-4-6-11(10)16-14-12/h3-6,8H,1-2H3/b9-8-. The van der Waals surface area contributed by atoms with E-state index in [2.05, 4.69) is 11.2 Å². The fraction of sp³-hybridized carbons (Fsp3) is 0.167. The highest BCUT2D eigenvalue weighted by Crippen LogP contribution is 2.23. The fourth-order valence-electron chi connectivity index (χ4n) is 1.48. The molecule has 1 aromatic carbocycles. The lowest BCUT2D eigenvalue weighted by Gasteiger charge is -2.04. The number of hydrogen-bond acceptors (Lipinski definition) is 4. The van der Waals surface area contributed by atoms with Crippen LogP contribution in [0.4, 0.5) is 0 Å². The topological polar surface area (TPSA) is 53.1 Å². The Kier molecular flexibility index (Phi) is 2.61. The first-order chi connectivity index (χ1) is 7.72. The molecule has 0 radical (unpaired) electrons. The molecule has 0 aliphatic carbocycles. The van der Waals surface area contributed by atoms with Gasteiger partial charge < -0.3 is 9.42 Å². The van der Waals surface area contributed by atoms with Gasteiger partial charge in [-0.25, -0.2) is 0 Å². The third kappa shape index (κ3) is 1.75. The molecule has 0 saturated heterocycles. The van der Waals surface area contributed by atoms with Gasteiger partial charge in [-0.05, 0) is 12.1 Å². The zero-order valence-electron chi connectivity index (χ0n) is 9.14. The first kappa shape index (κ1) is 10.2. The van der Waals surface area contributed by atoms with Gasteiger partial charge in [0.2, 0.25) is 0 Å². The summed E-state index contributed by atoms with van der Waals surface area (Å²) in [7, 11) is 3.72. The fourth-order valence-corrected chi connectivity index (χ4v) is 1.48. The number of nitrogens with zero attached hydrogens (tertiary/aromatic N) is 3. The molecule has 0 N–H and O–H groups in total. The van der Waals surface area contributed by atoms with Crippen molar-refractivity contribution in [2.24, 2.45) is 0 Å². The first-order valence-electron chi connectivity index (χ1n) is 4.85. The third-order valence-electron chi connectivity index (χ3n) is 2.14. The number of allylic oxidation sites excluding steroid dienone is 1. The van der Waals surface area contributed by atoms with Crippen molar-refractivity contribution in [3.63, 3.8) is 0 Å². The molecule has 0 unspecified atom stereocenters. The van der Waals surface area contributed by atoms with Gasteiger partial charge in [-0.2, -0.15) is 5.26 Å². The lowest BCUT2D eigenvalue weighted by Crippen LogP contribution is -2.02. The molecular weight excluding hydrogens is 202 g/mol. The highest BCUT2D eigenvalue weighted by atomic mass is 16.5. The van der Waals surface area contributed by atoms with Crippen LogP contribution >= 0.6 is 0 Å². The van der Waals surface area contributed by atoms with E-state index in [9.17, 15) is 0 Å². The summed E-state index contributed by atoms with van der Waals surface area (Å²) < 4.78 is 5.15. The van der Waals surface area contributed by atoms with Gasteiger partial charge in [0.1, 0.15) is 11.8 Å². The number of hydrogen-bond donors (Lipinski definition) is 0. The van der Waals surface area contributed by atoms with Gasteiger partial charge in [0.05, 0.1) is 11.0 Å². The number of nitriles is 1. The molecule has 1 heterocycles. The largest absolute Gasteiger partial charge is 0.382 e. The average molecular weight is 213 g/mol. The molecule has 4 nitrogen and oxygen atoms in total. The van der Waals surface area contributed by atoms with Gasteiger partial charge >= 0.3 is 0 Å². The van der Waals surface area contributed by atoms with Crippen LogP contribution in [0.15, 0.2) is 35.0 Å². The van der Waals surface area contributed by atoms with E-state index in [1.807, 2.05) is 43.3 Å². The molecule has 0 saturated carbocycles. The van der Waals surface area contributed by atoms with Crippen molar-refractivity contribution in [3.8, 4) is 6.07 Å². The van der Waals surface area contributed by atoms with Crippen LogP contribution in [0.25, 0.3) is 16.5 Å². The van der Waals surface area contributed by atoms with Gasteiger partial charge in [0.25, 0.3) is 0 Å². The minimum Gasteiger partial charge on any atom is -0.382 e. The van der Waals surface area contributed by atoms with Crippen LogP contribution in [0.1, 0.15) is 5.69 Å². The van der Waals surface area contributed by atoms with Crippen LogP contribution in [0, 0.1) is 11.3 Å². The van der Waals surface area contributed by atoms with Gasteiger partial charge in [-0.15, -0.1) is 0 Å². The van der Waals surface area contributed by atoms with E-state index >= 15 is 0 Å². The molecule has 2 rings (SSSR count). The van der Waals surface area contributed by atoms with Gasteiger partial charge in [0, 0.05) is 20.3 Å². The number of benzene rings is 1. The summed E-state index contributed by atoms with van der Waals surface area (Å²) in [6.07, 6.45) is 1.73. The molecule has 0 aliphatic rings. The normalized spacial score (nSPS) is 11.4. The number of fused-ring (bicyclic) bond motifs is 1. The quantitative estimate of drug-likeness (QED) is 0.718. The van der Waals surface area contributed by atoms with E-state index in [0.717, 1.165) is 5.39 Å². The molecule has 2 aromatic rings. The summed E-state index contributed by atoms with van der Waals surface area (Å²) in [5.74, 6) is 0. The Balaban J connectivity index is 2.59. The van der Waals surface area contributed by atoms with Crippen molar-refractivity contribution in [2.75, 3.05) is 14.1 Å². The molecule has 0 amide bonds. The smallest absolute Gasteiger partial charge is 0.167 e. The molecule has 80 valence electrons. The van der Waals surface area contributed by atoms with E-state index in [0.29, 0.717) is 16.9 Å². The second kappa shape index (κ2) is 4.07. The number of para-hydroxylation sites is 1. The van der Waals surface area contributed by atoms with Crippen molar-refractivity contribution < 1.29 is 4.52 Å². The summed E-state index contributed by atoms with van der Waals surface area (Å²) in [6, 6.07) is 9.62. The van der Waals surface area contributed by atoms with Crippen molar-refractivity contribution in [1.82, 2.24) is 10.1 Å². The zero-order chi connectivity index (χ0) is 11.5. The predicted molar refractivity (Wildman–Crippen MR) is 61.3 cm³/mol. The van der Waals surface area contributed by atoms with Crippen molar-refractivity contribution in [1.29, 1.82) is 5.26 Å². The summed E-state index contributed by atoms with van der Waals surface area (Å²) in [5, 5.41) is 13.9. The third-order valence-corrected chi connectivity index (χ3v) is 2.14. The molecule has 0 aliphatic heterocycles. The average Bonchev–Trinajstić information content (AvgIpc) is 2.69. The monoisotopic (exact) mass is 213 g/mol. The Hall–Kier alpha value is -2.28. The lowest BCUT2D eigenvalue weighted by molar-refractivity contribution is 0.453. The van der Waals surface area contributed by atoms with E-state index in [-0.39, 0.29) is 0 Å². The van der Waals surface area contributed by atoms with E-state index < -0.39 is 0 Å². The summed E-state index contributed by atoms with van der Waals surface area (Å²) >= 11 is 0. The minimum absolute atomic E-state index is 0.495. The van der Waals surface area contributed by atoms with Crippen LogP contribution < -0.4 is 0 Å². The molecule has 0 fully saturated rings. The van der Waals surface area contributed by atoms with Crippen LogP contribution in [0.2, 0.25) is 0 Å². The van der Waals surface area contributed by atoms with E-state index in [4.69, 9.17) is 9.78 Å². The highest BCUT2D eigenvalue weighted by Gasteiger charge is 2.11. The maximum Gasteiger partial charge on any atom is 0.167 e. The number of aromatic nitrogens is 1. The number of rotatable bonds is 2. The van der Waals surface area contributed by atoms with E-state index in [1.54, 1.807) is 6.20 Å². The van der Waals surface area contributed by atoms with Crippen molar-refractivity contribution in [3.05, 3.63) is 36.2 Å². The predicted octanol–water partition coefficient (Wildman–Crippen LogP) is 2.25. The van der Waals surface area contributed by atoms with Gasteiger partial charge in [-0.1, -0.05) is 17.3 Å². The van der Waals surface area contributed by atoms with Crippen LogP contribution in [-0.2, 0) is 0 Å². The Morgan fingerprint density at radius 1 is 1.44 bits per heavy atom. The van der Waals surface area contributed by atoms with Crippen molar-refractivity contribution >= 4 is 16.5 Å². The molecule has 1 aromatic heterocycles. The van der Waals surface area contributed by atoms with Crippen LogP contribution in [0.3, 0.4) is 0 Å². The van der Waals surface area contributed by atoms with Crippen LogP contribution in [-0.4, -0.2) is 24.2 Å². The minimum atomic E-state index is 0.495. The molecule has 0 spiro atoms. The zero-order valence-corrected chi connectivity index (χ0v) is 9.14. The molecule has 0 atom stereocenters. The summed E-state index contributed by atoms with van der Waals surface area (Å²) in [5.41, 5.74) is 1.78. The summed E-state index contributed by atoms with van der Waals surface area (Å²) in [4.78, 5) is 1.81. The highest BCUT2D eigenvalue weighted by molar-refractivity contribution is 5.92. The van der Waals surface area contributed by atoms with E-state index in [1.165, 1.54) is 0 Å². The van der Waals surface area contributed by atoms with Gasteiger partial charge in [-0.3, -0.25) is 0 Å². The Morgan fingerprint density at radius 3 is 2.88 bits per heavy atom. The summed E-state index contributed by atoms with van der Waals surface area (Å²) in [6.45, 7) is 0. The molecule has 4 heteroatoms. The molecule has 0 bridgehead atoms. The molecule has 16 heavy (non-hydrogen) atoms. The lowest BCUT2D eigenvalue weighted by atomic mass is 10.1. The second-order valence-electron chi connectivity index (χ2n) is 3.65.